The Morgan fingerprint density at radius 1 is 1.13 bits per heavy atom. The van der Waals surface area contributed by atoms with Gasteiger partial charge >= 0.3 is 5.97 Å². The molecule has 1 unspecified atom stereocenters. The van der Waals surface area contributed by atoms with Crippen LogP contribution in [0.4, 0.5) is 0 Å². The summed E-state index contributed by atoms with van der Waals surface area (Å²) in [7, 11) is 0. The van der Waals surface area contributed by atoms with Gasteiger partial charge in [0.25, 0.3) is 0 Å². The van der Waals surface area contributed by atoms with Crippen LogP contribution in [0, 0.1) is 0 Å². The van der Waals surface area contributed by atoms with Crippen molar-refractivity contribution < 1.29 is 19.5 Å². The highest BCUT2D eigenvalue weighted by molar-refractivity contribution is 7.80. The molecule has 1 aromatic carbocycles. The Kier molecular flexibility index (Phi) is 8.82. The summed E-state index contributed by atoms with van der Waals surface area (Å²) >= 11 is 4.10. The third-order valence-electron chi connectivity index (χ3n) is 3.17. The average molecular weight is 338 g/mol. The normalized spacial score (nSPS) is 11.5. The van der Waals surface area contributed by atoms with Crippen molar-refractivity contribution in [2.75, 3.05) is 5.75 Å². The van der Waals surface area contributed by atoms with Gasteiger partial charge in [0.2, 0.25) is 11.8 Å². The maximum atomic E-state index is 12.2. The van der Waals surface area contributed by atoms with Crippen molar-refractivity contribution >= 4 is 30.4 Å². The number of hydrogen-bond acceptors (Lipinski definition) is 4. The Morgan fingerprint density at radius 2 is 1.83 bits per heavy atom. The Balaban J connectivity index is 2.44. The molecule has 0 heterocycles. The number of nitrogens with one attached hydrogen (secondary N) is 2. The molecule has 126 valence electrons. The number of carboxylic acid groups (broad SMARTS) is 1. The van der Waals surface area contributed by atoms with Crippen LogP contribution in [0.3, 0.4) is 0 Å². The maximum Gasteiger partial charge on any atom is 0.303 e. The molecule has 1 atom stereocenters. The lowest BCUT2D eigenvalue weighted by molar-refractivity contribution is -0.137. The fraction of sp³-hybridized carbons (Fsp3) is 0.438. The number of amides is 2. The molecule has 0 aromatic heterocycles. The fourth-order valence-electron chi connectivity index (χ4n) is 1.97. The highest BCUT2D eigenvalue weighted by Gasteiger charge is 2.19. The first kappa shape index (κ1) is 19.0. The van der Waals surface area contributed by atoms with Crippen LogP contribution in [0.25, 0.3) is 0 Å². The summed E-state index contributed by atoms with van der Waals surface area (Å²) in [6.07, 6.45) is 0.682. The molecule has 0 saturated carbocycles. The Bertz CT molecular complexity index is 522. The van der Waals surface area contributed by atoms with Gasteiger partial charge in [0.15, 0.2) is 0 Å². The topological polar surface area (TPSA) is 95.5 Å². The molecule has 23 heavy (non-hydrogen) atoms. The minimum absolute atomic E-state index is 0.0646. The van der Waals surface area contributed by atoms with Gasteiger partial charge in [-0.3, -0.25) is 14.4 Å². The largest absolute Gasteiger partial charge is 0.481 e. The van der Waals surface area contributed by atoms with Crippen LogP contribution < -0.4 is 10.6 Å². The quantitative estimate of drug-likeness (QED) is 0.485. The highest BCUT2D eigenvalue weighted by atomic mass is 32.1. The van der Waals surface area contributed by atoms with Crippen LogP contribution in [0.15, 0.2) is 30.3 Å². The van der Waals surface area contributed by atoms with Gasteiger partial charge in [0.1, 0.15) is 6.04 Å². The monoisotopic (exact) mass is 338 g/mol. The summed E-state index contributed by atoms with van der Waals surface area (Å²) < 4.78 is 0. The number of thiol groups is 1. The molecular formula is C16H22N2O4S. The molecule has 1 aromatic rings. The lowest BCUT2D eigenvalue weighted by Gasteiger charge is -2.17. The van der Waals surface area contributed by atoms with Crippen molar-refractivity contribution in [1.82, 2.24) is 10.6 Å². The number of rotatable bonds is 10. The molecule has 0 aliphatic rings. The van der Waals surface area contributed by atoms with Crippen molar-refractivity contribution in [1.29, 1.82) is 0 Å². The number of carbonyl (C=O) groups excluding carboxylic acids is 2. The van der Waals surface area contributed by atoms with Crippen LogP contribution in [0.1, 0.15) is 31.2 Å². The zero-order valence-corrected chi connectivity index (χ0v) is 13.7. The Morgan fingerprint density at radius 3 is 2.43 bits per heavy atom. The first-order chi connectivity index (χ1) is 11.0. The van der Waals surface area contributed by atoms with E-state index in [1.54, 1.807) is 0 Å². The third kappa shape index (κ3) is 8.25. The molecule has 0 fully saturated rings. The Hall–Kier alpha value is -2.02. The smallest absolute Gasteiger partial charge is 0.303 e. The summed E-state index contributed by atoms with van der Waals surface area (Å²) in [6.45, 7) is 0.387. The van der Waals surface area contributed by atoms with Crippen LogP contribution >= 0.6 is 12.6 Å². The molecule has 0 aliphatic heterocycles. The molecule has 2 amide bonds. The third-order valence-corrected chi connectivity index (χ3v) is 3.43. The van der Waals surface area contributed by atoms with Gasteiger partial charge < -0.3 is 15.7 Å². The van der Waals surface area contributed by atoms with E-state index in [2.05, 4.69) is 23.3 Å². The van der Waals surface area contributed by atoms with Crippen LogP contribution in [0.2, 0.25) is 0 Å². The molecule has 7 heteroatoms. The van der Waals surface area contributed by atoms with E-state index in [4.69, 9.17) is 5.11 Å². The van der Waals surface area contributed by atoms with Gasteiger partial charge in [-0.25, -0.2) is 0 Å². The number of benzene rings is 1. The molecule has 6 nitrogen and oxygen atoms in total. The summed E-state index contributed by atoms with van der Waals surface area (Å²) in [5.74, 6) is -1.08. The number of carbonyl (C=O) groups is 3. The van der Waals surface area contributed by atoms with Gasteiger partial charge in [-0.05, 0) is 24.2 Å². The molecule has 0 saturated heterocycles. The van der Waals surface area contributed by atoms with Gasteiger partial charge in [-0.2, -0.15) is 12.6 Å². The molecule has 0 spiro atoms. The minimum Gasteiger partial charge on any atom is -0.481 e. The van der Waals surface area contributed by atoms with Crippen LogP contribution in [0.5, 0.6) is 0 Å². The second-order valence-corrected chi connectivity index (χ2v) is 5.53. The average Bonchev–Trinajstić information content (AvgIpc) is 2.53. The van der Waals surface area contributed by atoms with Gasteiger partial charge in [-0.15, -0.1) is 0 Å². The molecule has 1 rings (SSSR count). The van der Waals surface area contributed by atoms with Crippen molar-refractivity contribution in [3.8, 4) is 0 Å². The predicted molar refractivity (Wildman–Crippen MR) is 90.2 cm³/mol. The molecule has 3 N–H and O–H groups in total. The van der Waals surface area contributed by atoms with Crippen molar-refractivity contribution in [2.45, 2.75) is 38.3 Å². The van der Waals surface area contributed by atoms with Crippen molar-refractivity contribution in [2.24, 2.45) is 0 Å². The first-order valence-corrected chi connectivity index (χ1v) is 8.10. The SMILES string of the molecule is O=C(O)CCCC(=O)NC(CCS)C(=O)NCc1ccccc1. The summed E-state index contributed by atoms with van der Waals surface area (Å²) in [4.78, 5) is 34.4. The lowest BCUT2D eigenvalue weighted by Crippen LogP contribution is -2.46. The Labute approximate surface area is 141 Å². The second kappa shape index (κ2) is 10.7. The van der Waals surface area contributed by atoms with E-state index < -0.39 is 12.0 Å². The zero-order valence-electron chi connectivity index (χ0n) is 12.8. The molecule has 0 bridgehead atoms. The van der Waals surface area contributed by atoms with E-state index in [9.17, 15) is 14.4 Å². The molecule has 0 aliphatic carbocycles. The van der Waals surface area contributed by atoms with Gasteiger partial charge in [0.05, 0.1) is 0 Å². The van der Waals surface area contributed by atoms with Crippen LogP contribution in [-0.2, 0) is 20.9 Å². The number of carboxylic acids is 1. The van der Waals surface area contributed by atoms with Crippen molar-refractivity contribution in [3.05, 3.63) is 35.9 Å². The standard InChI is InChI=1S/C16H22N2O4S/c19-14(7-4-8-15(20)21)18-13(9-10-23)16(22)17-11-12-5-2-1-3-6-12/h1-3,5-6,13,23H,4,7-11H2,(H,17,22)(H,18,19)(H,20,21). The lowest BCUT2D eigenvalue weighted by atomic mass is 10.1. The zero-order chi connectivity index (χ0) is 17.1. The van der Waals surface area contributed by atoms with E-state index in [-0.39, 0.29) is 31.1 Å². The first-order valence-electron chi connectivity index (χ1n) is 7.46. The van der Waals surface area contributed by atoms with Crippen molar-refractivity contribution in [3.63, 3.8) is 0 Å². The van der Waals surface area contributed by atoms with E-state index >= 15 is 0 Å². The molecule has 0 radical (unpaired) electrons. The fourth-order valence-corrected chi connectivity index (χ4v) is 2.23. The number of hydrogen-bond donors (Lipinski definition) is 4. The van der Waals surface area contributed by atoms with E-state index in [0.29, 0.717) is 18.7 Å². The van der Waals surface area contributed by atoms with Crippen LogP contribution in [-0.4, -0.2) is 34.7 Å². The maximum absolute atomic E-state index is 12.2. The highest BCUT2D eigenvalue weighted by Crippen LogP contribution is 2.02. The minimum atomic E-state index is -0.940. The summed E-state index contributed by atoms with van der Waals surface area (Å²) in [5.41, 5.74) is 0.971. The van der Waals surface area contributed by atoms with E-state index in [1.165, 1.54) is 0 Å². The predicted octanol–water partition coefficient (Wildman–Crippen LogP) is 1.36. The number of aliphatic carboxylic acids is 1. The summed E-state index contributed by atoms with van der Waals surface area (Å²) in [5, 5.41) is 14.0. The molecular weight excluding hydrogens is 316 g/mol. The van der Waals surface area contributed by atoms with E-state index in [0.717, 1.165) is 5.56 Å². The second-order valence-electron chi connectivity index (χ2n) is 5.08. The van der Waals surface area contributed by atoms with E-state index in [1.807, 2.05) is 30.3 Å². The van der Waals surface area contributed by atoms with Gasteiger partial charge in [-0.1, -0.05) is 30.3 Å². The van der Waals surface area contributed by atoms with Gasteiger partial charge in [0, 0.05) is 19.4 Å². The summed E-state index contributed by atoms with van der Waals surface area (Å²) in [6, 6.07) is 8.81.